The zero-order valence-electron chi connectivity index (χ0n) is 17.6. The van der Waals surface area contributed by atoms with Crippen LogP contribution in [0.15, 0.2) is 22.2 Å². The molecule has 32 heavy (non-hydrogen) atoms. The Labute approximate surface area is 182 Å². The fourth-order valence-electron chi connectivity index (χ4n) is 4.03. The highest BCUT2D eigenvalue weighted by Crippen LogP contribution is 2.44. The quantitative estimate of drug-likeness (QED) is 0.523. The lowest BCUT2D eigenvalue weighted by molar-refractivity contribution is -0.141. The van der Waals surface area contributed by atoms with Gasteiger partial charge in [-0.3, -0.25) is 4.79 Å². The Morgan fingerprint density at radius 3 is 2.62 bits per heavy atom. The van der Waals surface area contributed by atoms with E-state index in [9.17, 15) is 19.5 Å². The van der Waals surface area contributed by atoms with Crippen molar-refractivity contribution in [1.82, 2.24) is 4.57 Å². The van der Waals surface area contributed by atoms with Crippen LogP contribution in [0.2, 0.25) is 0 Å². The van der Waals surface area contributed by atoms with Crippen molar-refractivity contribution in [3.8, 4) is 5.75 Å². The summed E-state index contributed by atoms with van der Waals surface area (Å²) >= 11 is 0. The number of aromatic carboxylic acids is 1. The average Bonchev–Trinajstić information content (AvgIpc) is 3.57. The molecule has 4 rings (SSSR count). The van der Waals surface area contributed by atoms with E-state index in [2.05, 4.69) is 9.99 Å². The standard InChI is InChI=1S/C21H23FN4O6/c1-10(27)32-24-16-5-6-25(9-15(16)23)18-14(22)7-12-17(20(18)31-2)26(11-3-4-11)8-13(19(12)28)21(29)30/h7-8,11,15H,3-6,9,23H2,1-2H3,(H,29,30)/b24-16+. The van der Waals surface area contributed by atoms with Crippen molar-refractivity contribution in [3.63, 3.8) is 0 Å². The van der Waals surface area contributed by atoms with Crippen LogP contribution in [0.3, 0.4) is 0 Å². The number of aromatic nitrogens is 1. The molecule has 3 N–H and O–H groups in total. The molecule has 1 aromatic carbocycles. The normalized spacial score (nSPS) is 19.9. The van der Waals surface area contributed by atoms with Gasteiger partial charge in [-0.1, -0.05) is 5.16 Å². The van der Waals surface area contributed by atoms with Gasteiger partial charge in [0.2, 0.25) is 5.43 Å². The van der Waals surface area contributed by atoms with Gasteiger partial charge in [0.05, 0.1) is 29.8 Å². The molecule has 2 heterocycles. The second kappa shape index (κ2) is 8.23. The van der Waals surface area contributed by atoms with E-state index in [0.717, 1.165) is 18.9 Å². The lowest BCUT2D eigenvalue weighted by Crippen LogP contribution is -2.49. The molecule has 0 amide bonds. The number of anilines is 1. The first-order chi connectivity index (χ1) is 15.2. The van der Waals surface area contributed by atoms with Gasteiger partial charge in [0.15, 0.2) is 11.6 Å². The number of halogens is 1. The first-order valence-electron chi connectivity index (χ1n) is 10.2. The fraction of sp³-hybridized carbons (Fsp3) is 0.429. The summed E-state index contributed by atoms with van der Waals surface area (Å²) in [6, 6.07) is 0.465. The zero-order valence-corrected chi connectivity index (χ0v) is 17.6. The van der Waals surface area contributed by atoms with Crippen LogP contribution in [-0.4, -0.2) is 53.6 Å². The molecule has 10 nitrogen and oxygen atoms in total. The van der Waals surface area contributed by atoms with Gasteiger partial charge in [-0.2, -0.15) is 0 Å². The van der Waals surface area contributed by atoms with Crippen LogP contribution in [0.1, 0.15) is 42.6 Å². The minimum atomic E-state index is -1.36. The van der Waals surface area contributed by atoms with E-state index < -0.39 is 34.8 Å². The van der Waals surface area contributed by atoms with E-state index in [1.807, 2.05) is 0 Å². The van der Waals surface area contributed by atoms with E-state index in [-0.39, 0.29) is 29.4 Å². The molecule has 1 unspecified atom stereocenters. The molecule has 0 spiro atoms. The van der Waals surface area contributed by atoms with Crippen molar-refractivity contribution in [1.29, 1.82) is 0 Å². The van der Waals surface area contributed by atoms with Crippen LogP contribution in [-0.2, 0) is 9.63 Å². The number of fused-ring (bicyclic) bond motifs is 1. The Hall–Kier alpha value is -3.47. The summed E-state index contributed by atoms with van der Waals surface area (Å²) in [7, 11) is 1.38. The molecular weight excluding hydrogens is 423 g/mol. The van der Waals surface area contributed by atoms with E-state index >= 15 is 4.39 Å². The van der Waals surface area contributed by atoms with Gasteiger partial charge in [0.25, 0.3) is 0 Å². The minimum absolute atomic E-state index is 0.00879. The van der Waals surface area contributed by atoms with Crippen molar-refractivity contribution in [2.24, 2.45) is 10.9 Å². The summed E-state index contributed by atoms with van der Waals surface area (Å²) in [5.74, 6) is -2.50. The molecule has 2 fully saturated rings. The number of oxime groups is 1. The number of benzene rings is 1. The van der Waals surface area contributed by atoms with Crippen LogP contribution in [0.25, 0.3) is 10.9 Å². The number of carbonyl (C=O) groups is 2. The van der Waals surface area contributed by atoms with Gasteiger partial charge in [-0.25, -0.2) is 14.0 Å². The molecule has 1 atom stereocenters. The summed E-state index contributed by atoms with van der Waals surface area (Å²) in [6.07, 6.45) is 3.28. The molecule has 0 radical (unpaired) electrons. The van der Waals surface area contributed by atoms with Crippen molar-refractivity contribution >= 4 is 34.2 Å². The van der Waals surface area contributed by atoms with Crippen LogP contribution < -0.4 is 20.8 Å². The zero-order chi connectivity index (χ0) is 23.2. The molecule has 2 aromatic rings. The number of nitrogens with two attached hydrogens (primary N) is 1. The predicted molar refractivity (Wildman–Crippen MR) is 114 cm³/mol. The number of piperidine rings is 1. The Kier molecular flexibility index (Phi) is 5.59. The molecule has 170 valence electrons. The molecule has 1 aromatic heterocycles. The third-order valence-electron chi connectivity index (χ3n) is 5.66. The molecule has 0 bridgehead atoms. The highest BCUT2D eigenvalue weighted by Gasteiger charge is 2.33. The number of nitrogens with zero attached hydrogens (tertiary/aromatic N) is 3. The van der Waals surface area contributed by atoms with Crippen LogP contribution in [0.5, 0.6) is 5.75 Å². The topological polar surface area (TPSA) is 136 Å². The monoisotopic (exact) mass is 446 g/mol. The van der Waals surface area contributed by atoms with E-state index in [4.69, 9.17) is 10.5 Å². The molecule has 1 aliphatic carbocycles. The molecule has 1 saturated carbocycles. The van der Waals surface area contributed by atoms with Crippen LogP contribution >= 0.6 is 0 Å². The van der Waals surface area contributed by atoms with Gasteiger partial charge in [0.1, 0.15) is 11.3 Å². The third-order valence-corrected chi connectivity index (χ3v) is 5.66. The van der Waals surface area contributed by atoms with E-state index in [1.54, 1.807) is 9.47 Å². The van der Waals surface area contributed by atoms with Crippen molar-refractivity contribution in [3.05, 3.63) is 33.9 Å². The van der Waals surface area contributed by atoms with Crippen molar-refractivity contribution in [2.75, 3.05) is 25.1 Å². The van der Waals surface area contributed by atoms with Gasteiger partial charge >= 0.3 is 11.9 Å². The second-order valence-corrected chi connectivity index (χ2v) is 7.92. The smallest absolute Gasteiger partial charge is 0.341 e. The van der Waals surface area contributed by atoms with Crippen LogP contribution in [0.4, 0.5) is 10.1 Å². The van der Waals surface area contributed by atoms with Crippen molar-refractivity contribution in [2.45, 2.75) is 38.3 Å². The highest BCUT2D eigenvalue weighted by atomic mass is 19.1. The lowest BCUT2D eigenvalue weighted by atomic mass is 10.0. The Morgan fingerprint density at radius 2 is 2.06 bits per heavy atom. The average molecular weight is 446 g/mol. The largest absolute Gasteiger partial charge is 0.492 e. The number of carboxylic acids is 1. The SMILES string of the molecule is COc1c(N2CC/C(=N\OC(C)=O)C(N)C2)c(F)cc2c(=O)c(C(=O)O)cn(C3CC3)c12. The van der Waals surface area contributed by atoms with Gasteiger partial charge in [-0.15, -0.1) is 0 Å². The molecule has 1 aliphatic heterocycles. The third kappa shape index (κ3) is 3.79. The Balaban J connectivity index is 1.84. The van der Waals surface area contributed by atoms with Crippen LogP contribution in [0, 0.1) is 5.82 Å². The minimum Gasteiger partial charge on any atom is -0.492 e. The number of hydrogen-bond donors (Lipinski definition) is 2. The summed E-state index contributed by atoms with van der Waals surface area (Å²) in [6.45, 7) is 1.74. The van der Waals surface area contributed by atoms with E-state index in [0.29, 0.717) is 24.2 Å². The number of ether oxygens (including phenoxy) is 1. The first kappa shape index (κ1) is 21.8. The summed E-state index contributed by atoms with van der Waals surface area (Å²) in [5, 5.41) is 13.2. The molecule has 2 aliphatic rings. The summed E-state index contributed by atoms with van der Waals surface area (Å²) in [5.41, 5.74) is 5.97. The number of carboxylic acid groups (broad SMARTS) is 1. The highest BCUT2D eigenvalue weighted by molar-refractivity contribution is 5.98. The number of methoxy groups -OCH3 is 1. The Bertz CT molecular complexity index is 1200. The first-order valence-corrected chi connectivity index (χ1v) is 10.2. The molecule has 11 heteroatoms. The maximum Gasteiger partial charge on any atom is 0.341 e. The Morgan fingerprint density at radius 1 is 1.34 bits per heavy atom. The second-order valence-electron chi connectivity index (χ2n) is 7.92. The predicted octanol–water partition coefficient (Wildman–Crippen LogP) is 1.64. The summed E-state index contributed by atoms with van der Waals surface area (Å²) in [4.78, 5) is 41.7. The molecular formula is C21H23FN4O6. The number of hydrogen-bond acceptors (Lipinski definition) is 8. The van der Waals surface area contributed by atoms with Gasteiger partial charge in [0, 0.05) is 38.7 Å². The fourth-order valence-corrected chi connectivity index (χ4v) is 4.03. The lowest BCUT2D eigenvalue weighted by Gasteiger charge is -2.34. The van der Waals surface area contributed by atoms with Gasteiger partial charge < -0.3 is 29.9 Å². The van der Waals surface area contributed by atoms with E-state index in [1.165, 1.54) is 20.2 Å². The number of carbonyl (C=O) groups excluding carboxylic acids is 1. The van der Waals surface area contributed by atoms with Crippen molar-refractivity contribution < 1.29 is 28.7 Å². The number of pyridine rings is 1. The maximum absolute atomic E-state index is 15.3. The molecule has 1 saturated heterocycles. The number of rotatable bonds is 5. The van der Waals surface area contributed by atoms with Gasteiger partial charge in [-0.05, 0) is 18.9 Å². The summed E-state index contributed by atoms with van der Waals surface area (Å²) < 4.78 is 22.6. The maximum atomic E-state index is 15.3.